The predicted molar refractivity (Wildman–Crippen MR) is 90.3 cm³/mol. The van der Waals surface area contributed by atoms with Crippen molar-refractivity contribution in [3.8, 4) is 18.2 Å². The van der Waals surface area contributed by atoms with E-state index in [9.17, 15) is 0 Å². The summed E-state index contributed by atoms with van der Waals surface area (Å²) in [7, 11) is 0. The second kappa shape index (κ2) is 7.61. The van der Waals surface area contributed by atoms with Crippen molar-refractivity contribution in [2.45, 2.75) is 25.5 Å². The van der Waals surface area contributed by atoms with Gasteiger partial charge in [-0.05, 0) is 44.1 Å². The molecule has 3 rings (SSSR count). The number of piperidine rings is 1. The maximum atomic E-state index is 5.72. The topological polar surface area (TPSA) is 59.1 Å². The minimum Gasteiger partial charge on any atom is -0.471 e. The standard InChI is InChI=1S/C18H20N4O/c1-2-14-6-7-16(20-12-14)13-23-18-5-3-4-17(22-18)21-15-8-10-19-11-9-15/h1,3-7,12,15,19H,8-11,13H2,(H,21,22). The third kappa shape index (κ3) is 4.44. The van der Waals surface area contributed by atoms with Gasteiger partial charge in [-0.2, -0.15) is 4.98 Å². The molecule has 23 heavy (non-hydrogen) atoms. The molecule has 1 saturated heterocycles. The van der Waals surface area contributed by atoms with E-state index < -0.39 is 0 Å². The number of pyridine rings is 2. The van der Waals surface area contributed by atoms with Crippen molar-refractivity contribution in [3.05, 3.63) is 47.8 Å². The summed E-state index contributed by atoms with van der Waals surface area (Å²) in [5.41, 5.74) is 1.59. The third-order valence-electron chi connectivity index (χ3n) is 3.77. The van der Waals surface area contributed by atoms with E-state index in [0.29, 0.717) is 18.5 Å². The highest BCUT2D eigenvalue weighted by Gasteiger charge is 2.13. The number of rotatable bonds is 5. The number of hydrogen-bond acceptors (Lipinski definition) is 5. The first-order valence-corrected chi connectivity index (χ1v) is 7.82. The van der Waals surface area contributed by atoms with Crippen LogP contribution in [0, 0.1) is 12.3 Å². The van der Waals surface area contributed by atoms with Crippen LogP contribution in [0.1, 0.15) is 24.1 Å². The molecule has 0 radical (unpaired) electrons. The second-order valence-electron chi connectivity index (χ2n) is 5.50. The molecular weight excluding hydrogens is 288 g/mol. The van der Waals surface area contributed by atoms with Gasteiger partial charge in [-0.25, -0.2) is 0 Å². The van der Waals surface area contributed by atoms with Crippen LogP contribution in [0.15, 0.2) is 36.5 Å². The molecule has 2 aromatic heterocycles. The van der Waals surface area contributed by atoms with Crippen molar-refractivity contribution in [1.29, 1.82) is 0 Å². The summed E-state index contributed by atoms with van der Waals surface area (Å²) < 4.78 is 5.72. The van der Waals surface area contributed by atoms with Crippen molar-refractivity contribution in [2.75, 3.05) is 18.4 Å². The molecule has 118 valence electrons. The molecule has 0 bridgehead atoms. The number of anilines is 1. The summed E-state index contributed by atoms with van der Waals surface area (Å²) in [6.45, 7) is 2.47. The van der Waals surface area contributed by atoms with E-state index in [-0.39, 0.29) is 0 Å². The van der Waals surface area contributed by atoms with Gasteiger partial charge in [-0.1, -0.05) is 12.0 Å². The Morgan fingerprint density at radius 3 is 2.87 bits per heavy atom. The van der Waals surface area contributed by atoms with Gasteiger partial charge in [-0.3, -0.25) is 4.98 Å². The zero-order chi connectivity index (χ0) is 15.9. The Morgan fingerprint density at radius 2 is 2.13 bits per heavy atom. The number of ether oxygens (including phenoxy) is 1. The highest BCUT2D eigenvalue weighted by molar-refractivity contribution is 5.38. The van der Waals surface area contributed by atoms with E-state index in [1.54, 1.807) is 6.20 Å². The summed E-state index contributed by atoms with van der Waals surface area (Å²) in [5, 5.41) is 6.82. The highest BCUT2D eigenvalue weighted by Crippen LogP contribution is 2.16. The van der Waals surface area contributed by atoms with Gasteiger partial charge in [0.25, 0.3) is 0 Å². The van der Waals surface area contributed by atoms with Gasteiger partial charge < -0.3 is 15.4 Å². The van der Waals surface area contributed by atoms with Crippen molar-refractivity contribution in [1.82, 2.24) is 15.3 Å². The first-order chi connectivity index (χ1) is 11.3. The molecule has 0 aromatic carbocycles. The van der Waals surface area contributed by atoms with Crippen molar-refractivity contribution < 1.29 is 4.74 Å². The molecule has 1 fully saturated rings. The van der Waals surface area contributed by atoms with Gasteiger partial charge in [0, 0.05) is 23.9 Å². The average molecular weight is 308 g/mol. The third-order valence-corrected chi connectivity index (χ3v) is 3.77. The Labute approximate surface area is 136 Å². The van der Waals surface area contributed by atoms with Gasteiger partial charge in [0.15, 0.2) is 0 Å². The maximum absolute atomic E-state index is 5.72. The largest absolute Gasteiger partial charge is 0.471 e. The first-order valence-electron chi connectivity index (χ1n) is 7.82. The Bertz CT molecular complexity index is 672. The minimum absolute atomic E-state index is 0.370. The van der Waals surface area contributed by atoms with E-state index in [1.165, 1.54) is 0 Å². The number of hydrogen-bond donors (Lipinski definition) is 2. The fraction of sp³-hybridized carbons (Fsp3) is 0.333. The van der Waals surface area contributed by atoms with Gasteiger partial charge in [-0.15, -0.1) is 6.42 Å². The monoisotopic (exact) mass is 308 g/mol. The Balaban J connectivity index is 1.57. The molecule has 0 atom stereocenters. The first kappa shape index (κ1) is 15.3. The van der Waals surface area contributed by atoms with E-state index >= 15 is 0 Å². The molecule has 0 spiro atoms. The molecule has 1 aliphatic rings. The summed E-state index contributed by atoms with van der Waals surface area (Å²) in [4.78, 5) is 8.76. The Kier molecular flexibility index (Phi) is 5.07. The van der Waals surface area contributed by atoms with Crippen LogP contribution in [0.25, 0.3) is 0 Å². The van der Waals surface area contributed by atoms with Crippen LogP contribution in [-0.4, -0.2) is 29.1 Å². The fourth-order valence-electron chi connectivity index (χ4n) is 2.49. The minimum atomic E-state index is 0.370. The van der Waals surface area contributed by atoms with Crippen LogP contribution >= 0.6 is 0 Å². The summed E-state index contributed by atoms with van der Waals surface area (Å²) in [6.07, 6.45) is 9.20. The van der Waals surface area contributed by atoms with E-state index in [4.69, 9.17) is 11.2 Å². The van der Waals surface area contributed by atoms with Crippen molar-refractivity contribution in [3.63, 3.8) is 0 Å². The molecule has 0 saturated carbocycles. The summed E-state index contributed by atoms with van der Waals surface area (Å²) in [5.74, 6) is 3.99. The van der Waals surface area contributed by atoms with Crippen LogP contribution in [0.3, 0.4) is 0 Å². The van der Waals surface area contributed by atoms with Crippen LogP contribution in [0.5, 0.6) is 5.88 Å². The average Bonchev–Trinajstić information content (AvgIpc) is 2.62. The van der Waals surface area contributed by atoms with Crippen molar-refractivity contribution in [2.24, 2.45) is 0 Å². The fourth-order valence-corrected chi connectivity index (χ4v) is 2.49. The number of terminal acetylenes is 1. The van der Waals surface area contributed by atoms with E-state index in [0.717, 1.165) is 43.0 Å². The van der Waals surface area contributed by atoms with Crippen LogP contribution in [0.2, 0.25) is 0 Å². The molecule has 0 unspecified atom stereocenters. The molecule has 0 aliphatic carbocycles. The number of nitrogens with zero attached hydrogens (tertiary/aromatic N) is 2. The van der Waals surface area contributed by atoms with E-state index in [1.807, 2.05) is 30.3 Å². The lowest BCUT2D eigenvalue weighted by molar-refractivity contribution is 0.289. The Morgan fingerprint density at radius 1 is 1.26 bits per heavy atom. The van der Waals surface area contributed by atoms with Gasteiger partial charge >= 0.3 is 0 Å². The molecular formula is C18H20N4O. The SMILES string of the molecule is C#Cc1ccc(COc2cccc(NC3CCNCC3)n2)nc1. The van der Waals surface area contributed by atoms with Crippen molar-refractivity contribution >= 4 is 5.82 Å². The van der Waals surface area contributed by atoms with Gasteiger partial charge in [0.05, 0.1) is 5.69 Å². The molecule has 1 aliphatic heterocycles. The molecule has 2 aromatic rings. The lowest BCUT2D eigenvalue weighted by atomic mass is 10.1. The highest BCUT2D eigenvalue weighted by atomic mass is 16.5. The molecule has 5 heteroatoms. The van der Waals surface area contributed by atoms with Crippen LogP contribution in [-0.2, 0) is 6.61 Å². The van der Waals surface area contributed by atoms with Gasteiger partial charge in [0.1, 0.15) is 12.4 Å². The zero-order valence-electron chi connectivity index (χ0n) is 13.0. The normalized spacial score (nSPS) is 14.9. The molecule has 2 N–H and O–H groups in total. The number of nitrogens with one attached hydrogen (secondary N) is 2. The smallest absolute Gasteiger partial charge is 0.215 e. The predicted octanol–water partition coefficient (Wildman–Crippen LogP) is 2.20. The molecule has 5 nitrogen and oxygen atoms in total. The summed E-state index contributed by atoms with van der Waals surface area (Å²) in [6, 6.07) is 9.95. The van der Waals surface area contributed by atoms with E-state index in [2.05, 4.69) is 26.5 Å². The number of aromatic nitrogens is 2. The lowest BCUT2D eigenvalue weighted by Gasteiger charge is -2.24. The zero-order valence-corrected chi connectivity index (χ0v) is 13.0. The maximum Gasteiger partial charge on any atom is 0.215 e. The quantitative estimate of drug-likeness (QED) is 0.829. The molecule has 0 amide bonds. The summed E-state index contributed by atoms with van der Waals surface area (Å²) >= 11 is 0. The second-order valence-corrected chi connectivity index (χ2v) is 5.50. The Hall–Kier alpha value is -2.58. The van der Waals surface area contributed by atoms with Gasteiger partial charge in [0.2, 0.25) is 5.88 Å². The van der Waals surface area contributed by atoms with Crippen LogP contribution < -0.4 is 15.4 Å². The van der Waals surface area contributed by atoms with Crippen LogP contribution in [0.4, 0.5) is 5.82 Å². The lowest BCUT2D eigenvalue weighted by Crippen LogP contribution is -2.35. The molecule has 3 heterocycles.